The number of nitrogens with one attached hydrogen (secondary N) is 1. The Bertz CT molecular complexity index is 715. The van der Waals surface area contributed by atoms with E-state index in [4.69, 9.17) is 4.74 Å². The predicted molar refractivity (Wildman–Crippen MR) is 111 cm³/mol. The highest BCUT2D eigenvalue weighted by Gasteiger charge is 2.32. The molecule has 3 rings (SSSR count). The molecule has 0 aromatic heterocycles. The minimum atomic E-state index is -0.270. The topological polar surface area (TPSA) is 61.9 Å². The van der Waals surface area contributed by atoms with E-state index in [1.165, 1.54) is 19.3 Å². The van der Waals surface area contributed by atoms with Crippen LogP contribution < -0.4 is 5.32 Å². The molecule has 1 saturated carbocycles. The van der Waals surface area contributed by atoms with Crippen LogP contribution in [0.15, 0.2) is 18.2 Å². The fraction of sp³-hybridized carbons (Fsp3) is 0.636. The van der Waals surface area contributed by atoms with Crippen LogP contribution in [-0.4, -0.2) is 67.0 Å². The van der Waals surface area contributed by atoms with Crippen molar-refractivity contribution >= 4 is 17.5 Å². The Hall–Kier alpha value is -1.92. The van der Waals surface area contributed by atoms with Crippen molar-refractivity contribution in [3.8, 4) is 0 Å². The summed E-state index contributed by atoms with van der Waals surface area (Å²) in [6.45, 7) is 8.76. The first-order valence-electron chi connectivity index (χ1n) is 10.4. The molecule has 1 aliphatic heterocycles. The monoisotopic (exact) mass is 387 g/mol. The predicted octanol–water partition coefficient (Wildman–Crippen LogP) is 2.91. The quantitative estimate of drug-likeness (QED) is 0.815. The average molecular weight is 388 g/mol. The number of benzene rings is 1. The van der Waals surface area contributed by atoms with Crippen molar-refractivity contribution in [2.75, 3.05) is 38.7 Å². The first-order valence-corrected chi connectivity index (χ1v) is 10.4. The third-order valence-corrected chi connectivity index (χ3v) is 6.09. The highest BCUT2D eigenvalue weighted by molar-refractivity contribution is 5.99. The summed E-state index contributed by atoms with van der Waals surface area (Å²) in [4.78, 5) is 29.7. The number of hydrogen-bond acceptors (Lipinski definition) is 4. The molecular formula is C22H33N3O3. The van der Waals surface area contributed by atoms with Gasteiger partial charge >= 0.3 is 0 Å². The van der Waals surface area contributed by atoms with E-state index in [9.17, 15) is 9.59 Å². The third kappa shape index (κ3) is 4.73. The average Bonchev–Trinajstić information content (AvgIpc) is 2.65. The van der Waals surface area contributed by atoms with Crippen LogP contribution in [0, 0.1) is 12.8 Å². The minimum Gasteiger partial charge on any atom is -0.378 e. The number of rotatable bonds is 6. The number of amides is 2. The van der Waals surface area contributed by atoms with Gasteiger partial charge in [0.25, 0.3) is 5.91 Å². The summed E-state index contributed by atoms with van der Waals surface area (Å²) in [5.74, 6) is 0.623. The smallest absolute Gasteiger partial charge is 0.254 e. The molecule has 6 heteroatoms. The fourth-order valence-corrected chi connectivity index (χ4v) is 3.69. The Morgan fingerprint density at radius 2 is 2.07 bits per heavy atom. The van der Waals surface area contributed by atoms with Crippen molar-refractivity contribution < 1.29 is 14.3 Å². The largest absolute Gasteiger partial charge is 0.378 e. The van der Waals surface area contributed by atoms with Crippen molar-refractivity contribution in [1.29, 1.82) is 0 Å². The third-order valence-electron chi connectivity index (χ3n) is 6.09. The second-order valence-electron chi connectivity index (χ2n) is 8.41. The minimum absolute atomic E-state index is 0.0313. The molecule has 0 unspecified atom stereocenters. The van der Waals surface area contributed by atoms with Gasteiger partial charge in [-0.3, -0.25) is 14.5 Å². The second kappa shape index (κ2) is 9.05. The van der Waals surface area contributed by atoms with Gasteiger partial charge < -0.3 is 15.0 Å². The molecule has 2 aliphatic rings. The fourth-order valence-electron chi connectivity index (χ4n) is 3.69. The van der Waals surface area contributed by atoms with Crippen molar-refractivity contribution in [3.05, 3.63) is 29.3 Å². The summed E-state index contributed by atoms with van der Waals surface area (Å²) in [5, 5.41) is 3.01. The Balaban J connectivity index is 1.70. The molecule has 2 fully saturated rings. The molecule has 0 bridgehead atoms. The Morgan fingerprint density at radius 1 is 1.32 bits per heavy atom. The van der Waals surface area contributed by atoms with Crippen LogP contribution in [0.4, 0.5) is 5.69 Å². The Kier molecular flexibility index (Phi) is 6.73. The zero-order valence-electron chi connectivity index (χ0n) is 17.5. The number of nitrogens with zero attached hydrogens (tertiary/aromatic N) is 2. The first-order chi connectivity index (χ1) is 13.4. The lowest BCUT2D eigenvalue weighted by Gasteiger charge is -2.39. The van der Waals surface area contributed by atoms with E-state index in [1.54, 1.807) is 18.0 Å². The van der Waals surface area contributed by atoms with Crippen LogP contribution in [0.2, 0.25) is 0 Å². The van der Waals surface area contributed by atoms with Gasteiger partial charge in [-0.05, 0) is 57.2 Å². The van der Waals surface area contributed by atoms with E-state index < -0.39 is 0 Å². The standard InChI is InChI=1S/C22H33N3O3/c1-15(2)24(4)22(27)19-12-18(9-8-16(19)3)23-21(26)20-14-28-11-10-25(20)13-17-6-5-7-17/h8-9,12,15,17,20H,5-7,10-11,13-14H2,1-4H3,(H,23,26)/t20-/m1/s1. The van der Waals surface area contributed by atoms with Crippen LogP contribution >= 0.6 is 0 Å². The number of anilines is 1. The molecule has 0 spiro atoms. The zero-order valence-corrected chi connectivity index (χ0v) is 17.5. The molecular weight excluding hydrogens is 354 g/mol. The van der Waals surface area contributed by atoms with Gasteiger partial charge in [0.1, 0.15) is 6.04 Å². The molecule has 1 aliphatic carbocycles. The van der Waals surface area contributed by atoms with E-state index in [0.717, 1.165) is 18.7 Å². The second-order valence-corrected chi connectivity index (χ2v) is 8.41. The van der Waals surface area contributed by atoms with Crippen LogP contribution in [0.5, 0.6) is 0 Å². The van der Waals surface area contributed by atoms with Gasteiger partial charge in [-0.25, -0.2) is 0 Å². The molecule has 2 amide bonds. The molecule has 154 valence electrons. The molecule has 0 radical (unpaired) electrons. The number of carbonyl (C=O) groups excluding carboxylic acids is 2. The molecule has 1 N–H and O–H groups in total. The SMILES string of the molecule is Cc1ccc(NC(=O)[C@H]2COCCN2CC2CCC2)cc1C(=O)N(C)C(C)C. The van der Waals surface area contributed by atoms with E-state index in [0.29, 0.717) is 30.4 Å². The Morgan fingerprint density at radius 3 is 2.71 bits per heavy atom. The summed E-state index contributed by atoms with van der Waals surface area (Å²) in [6, 6.07) is 5.38. The molecule has 1 heterocycles. The van der Waals surface area contributed by atoms with Crippen LogP contribution in [0.3, 0.4) is 0 Å². The maximum absolute atomic E-state index is 12.9. The molecule has 1 saturated heterocycles. The van der Waals surface area contributed by atoms with Crippen LogP contribution in [0.25, 0.3) is 0 Å². The Labute approximate surface area is 168 Å². The van der Waals surface area contributed by atoms with Gasteiger partial charge in [0.05, 0.1) is 13.2 Å². The number of ether oxygens (including phenoxy) is 1. The van der Waals surface area contributed by atoms with Gasteiger partial charge in [0.15, 0.2) is 0 Å². The lowest BCUT2D eigenvalue weighted by atomic mass is 9.84. The summed E-state index contributed by atoms with van der Waals surface area (Å²) < 4.78 is 5.58. The molecule has 1 aromatic rings. The lowest BCUT2D eigenvalue weighted by Crippen LogP contribution is -2.53. The zero-order chi connectivity index (χ0) is 20.3. The van der Waals surface area contributed by atoms with E-state index in [-0.39, 0.29) is 23.9 Å². The number of morpholine rings is 1. The van der Waals surface area contributed by atoms with Gasteiger partial charge in [0, 0.05) is 37.4 Å². The molecule has 28 heavy (non-hydrogen) atoms. The summed E-state index contributed by atoms with van der Waals surface area (Å²) in [5.41, 5.74) is 2.19. The van der Waals surface area contributed by atoms with Crippen molar-refractivity contribution in [1.82, 2.24) is 9.80 Å². The molecule has 6 nitrogen and oxygen atoms in total. The van der Waals surface area contributed by atoms with E-state index >= 15 is 0 Å². The highest BCUT2D eigenvalue weighted by atomic mass is 16.5. The van der Waals surface area contributed by atoms with E-state index in [1.807, 2.05) is 32.9 Å². The van der Waals surface area contributed by atoms with Crippen molar-refractivity contribution in [2.24, 2.45) is 5.92 Å². The maximum atomic E-state index is 12.9. The van der Waals surface area contributed by atoms with E-state index in [2.05, 4.69) is 10.2 Å². The van der Waals surface area contributed by atoms with Gasteiger partial charge in [-0.15, -0.1) is 0 Å². The van der Waals surface area contributed by atoms with Crippen LogP contribution in [-0.2, 0) is 9.53 Å². The van der Waals surface area contributed by atoms with Gasteiger partial charge in [-0.2, -0.15) is 0 Å². The van der Waals surface area contributed by atoms with Gasteiger partial charge in [-0.1, -0.05) is 12.5 Å². The highest BCUT2D eigenvalue weighted by Crippen LogP contribution is 2.28. The van der Waals surface area contributed by atoms with Crippen LogP contribution in [0.1, 0.15) is 49.0 Å². The number of carbonyl (C=O) groups is 2. The molecule has 1 atom stereocenters. The number of hydrogen-bond donors (Lipinski definition) is 1. The normalized spacial score (nSPS) is 20.7. The summed E-state index contributed by atoms with van der Waals surface area (Å²) >= 11 is 0. The summed E-state index contributed by atoms with van der Waals surface area (Å²) in [6.07, 6.45) is 3.83. The van der Waals surface area contributed by atoms with Crippen molar-refractivity contribution in [2.45, 2.75) is 52.1 Å². The van der Waals surface area contributed by atoms with Crippen molar-refractivity contribution in [3.63, 3.8) is 0 Å². The maximum Gasteiger partial charge on any atom is 0.254 e. The summed E-state index contributed by atoms with van der Waals surface area (Å²) in [7, 11) is 1.80. The van der Waals surface area contributed by atoms with Gasteiger partial charge in [0.2, 0.25) is 5.91 Å². The number of aryl methyl sites for hydroxylation is 1. The first kappa shape index (κ1) is 20.8. The lowest BCUT2D eigenvalue weighted by molar-refractivity contribution is -0.128. The molecule has 1 aromatic carbocycles.